The number of carbonyl (C=O) groups is 2. The van der Waals surface area contributed by atoms with Crippen LogP contribution in [0.4, 0.5) is 0 Å². The third-order valence-electron chi connectivity index (χ3n) is 2.96. The fourth-order valence-electron chi connectivity index (χ4n) is 2.08. The lowest BCUT2D eigenvalue weighted by Gasteiger charge is -2.22. The maximum absolute atomic E-state index is 12.3. The summed E-state index contributed by atoms with van der Waals surface area (Å²) in [6, 6.07) is 4.12. The molecule has 1 aromatic rings. The van der Waals surface area contributed by atoms with Crippen LogP contribution in [0.25, 0.3) is 0 Å². The molecule has 1 amide bonds. The Morgan fingerprint density at radius 1 is 1.44 bits per heavy atom. The molecule has 0 unspecified atom stereocenters. The van der Waals surface area contributed by atoms with E-state index in [1.54, 1.807) is 18.2 Å². The zero-order valence-electron chi connectivity index (χ0n) is 9.40. The molecular weight excluding hydrogens is 321 g/mol. The van der Waals surface area contributed by atoms with Crippen LogP contribution < -0.4 is 0 Å². The van der Waals surface area contributed by atoms with Crippen molar-refractivity contribution in [2.45, 2.75) is 18.9 Å². The molecule has 0 aromatic heterocycles. The summed E-state index contributed by atoms with van der Waals surface area (Å²) in [6.45, 7) is 0.477. The molecule has 1 aromatic carbocycles. The molecule has 1 aliphatic heterocycles. The van der Waals surface area contributed by atoms with Gasteiger partial charge in [0.05, 0.1) is 5.56 Å². The van der Waals surface area contributed by atoms with Gasteiger partial charge in [-0.05, 0) is 47.0 Å². The van der Waals surface area contributed by atoms with Crippen LogP contribution in [0.1, 0.15) is 23.2 Å². The van der Waals surface area contributed by atoms with Gasteiger partial charge in [0, 0.05) is 16.0 Å². The Morgan fingerprint density at radius 2 is 2.17 bits per heavy atom. The van der Waals surface area contributed by atoms with Crippen LogP contribution in [0, 0.1) is 0 Å². The predicted octanol–water partition coefficient (Wildman–Crippen LogP) is 2.79. The number of carbonyl (C=O) groups excluding carboxylic acids is 1. The van der Waals surface area contributed by atoms with Gasteiger partial charge in [-0.2, -0.15) is 0 Å². The molecule has 4 nitrogen and oxygen atoms in total. The first-order chi connectivity index (χ1) is 8.50. The molecular formula is C12H11BrClNO3. The highest BCUT2D eigenvalue weighted by molar-refractivity contribution is 9.10. The number of carboxylic acids is 1. The third kappa shape index (κ3) is 2.52. The molecule has 18 heavy (non-hydrogen) atoms. The number of hydrogen-bond donors (Lipinski definition) is 1. The summed E-state index contributed by atoms with van der Waals surface area (Å²) in [4.78, 5) is 24.7. The van der Waals surface area contributed by atoms with E-state index >= 15 is 0 Å². The summed E-state index contributed by atoms with van der Waals surface area (Å²) >= 11 is 9.08. The number of rotatable bonds is 2. The molecule has 1 aliphatic rings. The number of benzene rings is 1. The smallest absolute Gasteiger partial charge is 0.326 e. The van der Waals surface area contributed by atoms with Crippen LogP contribution in [-0.2, 0) is 4.79 Å². The van der Waals surface area contributed by atoms with E-state index in [0.717, 1.165) is 0 Å². The van der Waals surface area contributed by atoms with E-state index in [2.05, 4.69) is 15.9 Å². The zero-order valence-corrected chi connectivity index (χ0v) is 11.7. The molecule has 1 atom stereocenters. The van der Waals surface area contributed by atoms with E-state index < -0.39 is 12.0 Å². The molecule has 0 bridgehead atoms. The Morgan fingerprint density at radius 3 is 2.78 bits per heavy atom. The number of aliphatic carboxylic acids is 1. The normalized spacial score (nSPS) is 19.0. The average molecular weight is 333 g/mol. The Balaban J connectivity index is 2.28. The fraction of sp³-hybridized carbons (Fsp3) is 0.333. The van der Waals surface area contributed by atoms with Gasteiger partial charge in [-0.1, -0.05) is 11.6 Å². The van der Waals surface area contributed by atoms with Crippen LogP contribution in [-0.4, -0.2) is 34.5 Å². The van der Waals surface area contributed by atoms with E-state index in [1.165, 1.54) is 4.90 Å². The van der Waals surface area contributed by atoms with E-state index in [9.17, 15) is 9.59 Å². The molecule has 0 aliphatic carbocycles. The van der Waals surface area contributed by atoms with Crippen LogP contribution in [0.5, 0.6) is 0 Å². The van der Waals surface area contributed by atoms with Gasteiger partial charge in [-0.3, -0.25) is 4.79 Å². The Hall–Kier alpha value is -1.07. The van der Waals surface area contributed by atoms with Gasteiger partial charge >= 0.3 is 5.97 Å². The van der Waals surface area contributed by atoms with Crippen LogP contribution >= 0.6 is 27.5 Å². The Kier molecular flexibility index (Phi) is 3.92. The van der Waals surface area contributed by atoms with Gasteiger partial charge in [0.1, 0.15) is 6.04 Å². The quantitative estimate of drug-likeness (QED) is 0.906. The molecule has 1 N–H and O–H groups in total. The second kappa shape index (κ2) is 5.28. The minimum absolute atomic E-state index is 0.275. The average Bonchev–Trinajstić information content (AvgIpc) is 2.77. The fourth-order valence-corrected chi connectivity index (χ4v) is 2.94. The molecule has 0 radical (unpaired) electrons. The summed E-state index contributed by atoms with van der Waals surface area (Å²) in [6.07, 6.45) is 1.22. The number of likely N-dealkylation sites (tertiary alicyclic amines) is 1. The predicted molar refractivity (Wildman–Crippen MR) is 70.8 cm³/mol. The summed E-state index contributed by atoms with van der Waals surface area (Å²) in [5, 5.41) is 9.59. The largest absolute Gasteiger partial charge is 0.480 e. The third-order valence-corrected chi connectivity index (χ3v) is 3.85. The van der Waals surface area contributed by atoms with E-state index in [4.69, 9.17) is 16.7 Å². The lowest BCUT2D eigenvalue weighted by Crippen LogP contribution is -2.40. The highest BCUT2D eigenvalue weighted by atomic mass is 79.9. The van der Waals surface area contributed by atoms with E-state index in [-0.39, 0.29) is 5.91 Å². The highest BCUT2D eigenvalue weighted by Crippen LogP contribution is 2.26. The molecule has 6 heteroatoms. The maximum atomic E-state index is 12.3. The molecule has 1 saturated heterocycles. The van der Waals surface area contributed by atoms with Gasteiger partial charge in [0.15, 0.2) is 0 Å². The first kappa shape index (κ1) is 13.4. The lowest BCUT2D eigenvalue weighted by atomic mass is 10.1. The minimum atomic E-state index is -0.953. The van der Waals surface area contributed by atoms with Gasteiger partial charge < -0.3 is 10.0 Å². The lowest BCUT2D eigenvalue weighted by molar-refractivity contribution is -0.141. The minimum Gasteiger partial charge on any atom is -0.480 e. The first-order valence-corrected chi connectivity index (χ1v) is 6.66. The van der Waals surface area contributed by atoms with Gasteiger partial charge in [0.2, 0.25) is 0 Å². The number of hydrogen-bond acceptors (Lipinski definition) is 2. The SMILES string of the molecule is O=C(O)[C@@H]1CCCN1C(=O)c1ccc(Cl)cc1Br. The number of amides is 1. The first-order valence-electron chi connectivity index (χ1n) is 5.49. The maximum Gasteiger partial charge on any atom is 0.326 e. The second-order valence-corrected chi connectivity index (χ2v) is 5.41. The van der Waals surface area contributed by atoms with Gasteiger partial charge in [-0.25, -0.2) is 4.79 Å². The van der Waals surface area contributed by atoms with Crippen molar-refractivity contribution in [1.82, 2.24) is 4.90 Å². The second-order valence-electron chi connectivity index (χ2n) is 4.12. The van der Waals surface area contributed by atoms with Crippen LogP contribution in [0.15, 0.2) is 22.7 Å². The number of halogens is 2. The van der Waals surface area contributed by atoms with Crippen molar-refractivity contribution in [2.75, 3.05) is 6.54 Å². The standard InChI is InChI=1S/C12H11BrClNO3/c13-9-6-7(14)3-4-8(9)11(16)15-5-1-2-10(15)12(17)18/h3-4,6,10H,1-2,5H2,(H,17,18)/t10-/m0/s1. The topological polar surface area (TPSA) is 57.6 Å². The van der Waals surface area contributed by atoms with Gasteiger partial charge in [-0.15, -0.1) is 0 Å². The molecule has 0 saturated carbocycles. The summed E-state index contributed by atoms with van der Waals surface area (Å²) < 4.78 is 0.580. The number of carboxylic acid groups (broad SMARTS) is 1. The van der Waals surface area contributed by atoms with Crippen molar-refractivity contribution in [2.24, 2.45) is 0 Å². The Bertz CT molecular complexity index is 506. The van der Waals surface area contributed by atoms with Crippen molar-refractivity contribution in [3.63, 3.8) is 0 Å². The molecule has 0 spiro atoms. The Labute approximate surface area is 118 Å². The van der Waals surface area contributed by atoms with Crippen molar-refractivity contribution < 1.29 is 14.7 Å². The summed E-state index contributed by atoms with van der Waals surface area (Å²) in [7, 11) is 0. The van der Waals surface area contributed by atoms with Crippen molar-refractivity contribution >= 4 is 39.4 Å². The summed E-state index contributed by atoms with van der Waals surface area (Å²) in [5.74, 6) is -1.23. The van der Waals surface area contributed by atoms with Crippen molar-refractivity contribution in [1.29, 1.82) is 0 Å². The summed E-state index contributed by atoms with van der Waals surface area (Å²) in [5.41, 5.74) is 0.438. The molecule has 1 heterocycles. The zero-order chi connectivity index (χ0) is 13.3. The monoisotopic (exact) mass is 331 g/mol. The van der Waals surface area contributed by atoms with Crippen LogP contribution in [0.2, 0.25) is 5.02 Å². The molecule has 2 rings (SSSR count). The van der Waals surface area contributed by atoms with Crippen molar-refractivity contribution in [3.8, 4) is 0 Å². The highest BCUT2D eigenvalue weighted by Gasteiger charge is 2.34. The molecule has 1 fully saturated rings. The van der Waals surface area contributed by atoms with E-state index in [1.807, 2.05) is 0 Å². The van der Waals surface area contributed by atoms with Gasteiger partial charge in [0.25, 0.3) is 5.91 Å². The number of nitrogens with zero attached hydrogens (tertiary/aromatic N) is 1. The van der Waals surface area contributed by atoms with Crippen molar-refractivity contribution in [3.05, 3.63) is 33.3 Å². The molecule has 96 valence electrons. The van der Waals surface area contributed by atoms with E-state index in [0.29, 0.717) is 34.4 Å². The van der Waals surface area contributed by atoms with Crippen LogP contribution in [0.3, 0.4) is 0 Å².